The van der Waals surface area contributed by atoms with Crippen molar-refractivity contribution in [1.29, 1.82) is 0 Å². The molecule has 0 saturated carbocycles. The summed E-state index contributed by atoms with van der Waals surface area (Å²) in [7, 11) is 0. The number of halogens is 3. The van der Waals surface area contributed by atoms with E-state index in [1.165, 1.54) is 0 Å². The van der Waals surface area contributed by atoms with Crippen molar-refractivity contribution in [2.24, 2.45) is 0 Å². The van der Waals surface area contributed by atoms with Crippen molar-refractivity contribution < 1.29 is 27.5 Å². The molecule has 1 atom stereocenters. The van der Waals surface area contributed by atoms with Crippen LogP contribution in [0.1, 0.15) is 59.7 Å². The van der Waals surface area contributed by atoms with Gasteiger partial charge in [-0.15, -0.1) is 0 Å². The summed E-state index contributed by atoms with van der Waals surface area (Å²) in [5, 5.41) is 2.74. The highest BCUT2D eigenvalue weighted by molar-refractivity contribution is 6.02. The van der Waals surface area contributed by atoms with Crippen molar-refractivity contribution in [3.05, 3.63) is 77.0 Å². The van der Waals surface area contributed by atoms with Gasteiger partial charge in [0.15, 0.2) is 0 Å². The highest BCUT2D eigenvalue weighted by atomic mass is 19.4. The normalized spacial score (nSPS) is 17.8. The zero-order valence-electron chi connectivity index (χ0n) is 20.9. The summed E-state index contributed by atoms with van der Waals surface area (Å²) in [6.07, 6.45) is -3.02. The van der Waals surface area contributed by atoms with Crippen molar-refractivity contribution in [2.45, 2.75) is 64.5 Å². The number of carbonyl (C=O) groups excluding carboxylic acids is 2. The van der Waals surface area contributed by atoms with Gasteiger partial charge in [-0.05, 0) is 49.1 Å². The average Bonchev–Trinajstić information content (AvgIpc) is 3.18. The Hall–Kier alpha value is -3.33. The van der Waals surface area contributed by atoms with E-state index in [0.29, 0.717) is 49.5 Å². The quantitative estimate of drug-likeness (QED) is 0.474. The molecule has 2 aliphatic rings. The van der Waals surface area contributed by atoms with Gasteiger partial charge >= 0.3 is 6.18 Å². The number of nitrogens with zero attached hydrogens (tertiary/aromatic N) is 2. The Morgan fingerprint density at radius 2 is 1.84 bits per heavy atom. The van der Waals surface area contributed by atoms with Crippen LogP contribution < -0.4 is 10.1 Å². The molecule has 0 spiro atoms. The van der Waals surface area contributed by atoms with Gasteiger partial charge < -0.3 is 15.0 Å². The number of carbonyl (C=O) groups is 2. The number of nitrogens with one attached hydrogen (secondary N) is 1. The van der Waals surface area contributed by atoms with Crippen LogP contribution in [0.4, 0.5) is 13.2 Å². The Balaban J connectivity index is 1.37. The van der Waals surface area contributed by atoms with Crippen LogP contribution in [0.3, 0.4) is 0 Å². The Morgan fingerprint density at radius 1 is 1.11 bits per heavy atom. The lowest BCUT2D eigenvalue weighted by Gasteiger charge is -2.31. The zero-order chi connectivity index (χ0) is 26.6. The standard InChI is InChI=1S/C28H32F3N3O3/c1-3-14-33(15-13-28(29,30)31)16-20-8-10-21(11-9-20)18-37-25-6-4-5-22-23(25)17-34(27(22)36)24-12-7-19(2)32-26(24)35/h4-6,8-11,24H,2-3,7,12-18H2,1H3,(H,32,35). The maximum atomic E-state index is 13.0. The SMILES string of the molecule is C=C1CCC(N2Cc3c(OCc4ccc(CN(CCC)CCC(F)(F)F)cc4)cccc3C2=O)C(=O)N1. The fourth-order valence-corrected chi connectivity index (χ4v) is 4.80. The van der Waals surface area contributed by atoms with Gasteiger partial charge in [0.05, 0.1) is 13.0 Å². The molecule has 0 aromatic heterocycles. The van der Waals surface area contributed by atoms with E-state index in [1.807, 2.05) is 42.2 Å². The van der Waals surface area contributed by atoms with Crippen LogP contribution in [0.2, 0.25) is 0 Å². The molecule has 2 aliphatic heterocycles. The second-order valence-corrected chi connectivity index (χ2v) is 9.61. The first-order valence-electron chi connectivity index (χ1n) is 12.6. The molecule has 1 unspecified atom stereocenters. The second kappa shape index (κ2) is 11.4. The van der Waals surface area contributed by atoms with E-state index in [-0.39, 0.29) is 25.0 Å². The highest BCUT2D eigenvalue weighted by Crippen LogP contribution is 2.34. The van der Waals surface area contributed by atoms with Crippen molar-refractivity contribution in [3.8, 4) is 5.75 Å². The largest absolute Gasteiger partial charge is 0.489 e. The van der Waals surface area contributed by atoms with E-state index < -0.39 is 18.6 Å². The number of ether oxygens (including phenoxy) is 1. The molecule has 1 N–H and O–H groups in total. The maximum absolute atomic E-state index is 13.0. The molecular weight excluding hydrogens is 483 g/mol. The average molecular weight is 516 g/mol. The van der Waals surface area contributed by atoms with Gasteiger partial charge in [-0.25, -0.2) is 0 Å². The lowest BCUT2D eigenvalue weighted by molar-refractivity contribution is -0.138. The molecule has 2 aromatic carbocycles. The molecule has 4 rings (SSSR count). The van der Waals surface area contributed by atoms with Crippen molar-refractivity contribution >= 4 is 11.8 Å². The molecule has 1 fully saturated rings. The maximum Gasteiger partial charge on any atom is 0.390 e. The summed E-state index contributed by atoms with van der Waals surface area (Å²) < 4.78 is 44.0. The van der Waals surface area contributed by atoms with Gasteiger partial charge in [-0.2, -0.15) is 13.2 Å². The molecule has 6 nitrogen and oxygen atoms in total. The third-order valence-electron chi connectivity index (χ3n) is 6.73. The van der Waals surface area contributed by atoms with Crippen LogP contribution >= 0.6 is 0 Å². The van der Waals surface area contributed by atoms with E-state index >= 15 is 0 Å². The minimum Gasteiger partial charge on any atom is -0.489 e. The van der Waals surface area contributed by atoms with Crippen molar-refractivity contribution in [2.75, 3.05) is 13.1 Å². The summed E-state index contributed by atoms with van der Waals surface area (Å²) in [5.41, 5.74) is 3.82. The number of amides is 2. The predicted octanol–water partition coefficient (Wildman–Crippen LogP) is 5.18. The number of alkyl halides is 3. The van der Waals surface area contributed by atoms with E-state index in [2.05, 4.69) is 11.9 Å². The minimum absolute atomic E-state index is 0.0195. The Kier molecular flexibility index (Phi) is 8.22. The second-order valence-electron chi connectivity index (χ2n) is 9.61. The molecule has 0 bridgehead atoms. The van der Waals surface area contributed by atoms with Crippen LogP contribution in [0, 0.1) is 0 Å². The van der Waals surface area contributed by atoms with Gasteiger partial charge in [0.25, 0.3) is 5.91 Å². The summed E-state index contributed by atoms with van der Waals surface area (Å²) in [6.45, 7) is 7.37. The molecule has 0 aliphatic carbocycles. The third-order valence-corrected chi connectivity index (χ3v) is 6.73. The summed E-state index contributed by atoms with van der Waals surface area (Å²) in [4.78, 5) is 28.9. The van der Waals surface area contributed by atoms with Crippen LogP contribution in [0.25, 0.3) is 0 Å². The number of benzene rings is 2. The topological polar surface area (TPSA) is 61.9 Å². The van der Waals surface area contributed by atoms with E-state index in [9.17, 15) is 22.8 Å². The Morgan fingerprint density at radius 3 is 2.51 bits per heavy atom. The molecule has 9 heteroatoms. The molecule has 2 heterocycles. The van der Waals surface area contributed by atoms with E-state index in [1.54, 1.807) is 17.0 Å². The Bertz CT molecular complexity index is 1150. The number of piperidine rings is 1. The van der Waals surface area contributed by atoms with Crippen LogP contribution in [-0.2, 0) is 24.5 Å². The van der Waals surface area contributed by atoms with E-state index in [4.69, 9.17) is 4.74 Å². The van der Waals surface area contributed by atoms with Crippen LogP contribution in [0.15, 0.2) is 54.7 Å². The van der Waals surface area contributed by atoms with Gasteiger partial charge in [0.1, 0.15) is 18.4 Å². The first-order valence-corrected chi connectivity index (χ1v) is 12.6. The van der Waals surface area contributed by atoms with Gasteiger partial charge in [-0.1, -0.05) is 43.8 Å². The molecule has 37 heavy (non-hydrogen) atoms. The highest BCUT2D eigenvalue weighted by Gasteiger charge is 2.39. The lowest BCUT2D eigenvalue weighted by atomic mass is 10.0. The van der Waals surface area contributed by atoms with Crippen molar-refractivity contribution in [3.63, 3.8) is 0 Å². The van der Waals surface area contributed by atoms with E-state index in [0.717, 1.165) is 23.1 Å². The molecule has 1 saturated heterocycles. The Labute approximate surface area is 215 Å². The van der Waals surface area contributed by atoms with Gasteiger partial charge in [-0.3, -0.25) is 14.5 Å². The fourth-order valence-electron chi connectivity index (χ4n) is 4.80. The van der Waals surface area contributed by atoms with Gasteiger partial charge in [0.2, 0.25) is 5.91 Å². The number of fused-ring (bicyclic) bond motifs is 1. The monoisotopic (exact) mass is 515 g/mol. The minimum atomic E-state index is -4.16. The predicted molar refractivity (Wildman–Crippen MR) is 134 cm³/mol. The first kappa shape index (κ1) is 26.7. The third kappa shape index (κ3) is 6.71. The lowest BCUT2D eigenvalue weighted by Crippen LogP contribution is -2.49. The number of hydrogen-bond donors (Lipinski definition) is 1. The molecule has 0 radical (unpaired) electrons. The number of rotatable bonds is 10. The van der Waals surface area contributed by atoms with Gasteiger partial charge in [0, 0.05) is 29.9 Å². The first-order chi connectivity index (χ1) is 17.6. The smallest absolute Gasteiger partial charge is 0.390 e. The summed E-state index contributed by atoms with van der Waals surface area (Å²) >= 11 is 0. The van der Waals surface area contributed by atoms with Crippen LogP contribution in [-0.4, -0.2) is 46.9 Å². The molecular formula is C28H32F3N3O3. The molecule has 198 valence electrons. The number of allylic oxidation sites excluding steroid dienone is 1. The molecule has 2 aromatic rings. The number of hydrogen-bond acceptors (Lipinski definition) is 4. The zero-order valence-corrected chi connectivity index (χ0v) is 20.9. The molecule has 2 amide bonds. The fraction of sp³-hybridized carbons (Fsp3) is 0.429. The summed E-state index contributed by atoms with van der Waals surface area (Å²) in [5.74, 6) is 0.204. The summed E-state index contributed by atoms with van der Waals surface area (Å²) in [6, 6.07) is 12.4. The van der Waals surface area contributed by atoms with Crippen molar-refractivity contribution in [1.82, 2.24) is 15.1 Å². The van der Waals surface area contributed by atoms with Crippen LogP contribution in [0.5, 0.6) is 5.75 Å².